The molecule has 1 heteroatoms. The highest BCUT2D eigenvalue weighted by Gasteiger charge is 2.19. The molecule has 0 fully saturated rings. The van der Waals surface area contributed by atoms with Gasteiger partial charge < -0.3 is 4.90 Å². The smallest absolute Gasteiger partial charge is 0.0399 e. The van der Waals surface area contributed by atoms with E-state index in [0.29, 0.717) is 0 Å². The predicted octanol–water partition coefficient (Wildman–Crippen LogP) is 3.19. The van der Waals surface area contributed by atoms with Gasteiger partial charge in [-0.15, -0.1) is 0 Å². The molecule has 0 saturated heterocycles. The van der Waals surface area contributed by atoms with Crippen LogP contribution in [0.4, 0.5) is 5.69 Å². The monoisotopic (exact) mass is 189 g/mol. The fourth-order valence-corrected chi connectivity index (χ4v) is 2.23. The van der Waals surface area contributed by atoms with Gasteiger partial charge in [0, 0.05) is 19.3 Å². The Morgan fingerprint density at radius 3 is 2.93 bits per heavy atom. The highest BCUT2D eigenvalue weighted by atomic mass is 15.1. The van der Waals surface area contributed by atoms with E-state index < -0.39 is 0 Å². The molecule has 76 valence electrons. The minimum atomic E-state index is 0.729. The standard InChI is InChI=1S/C13H19N/c1-4-11-5-6-13-12(9-11)10(2)7-8-14(13)3/h5-6,9-10H,4,7-8H2,1-3H3. The highest BCUT2D eigenvalue weighted by molar-refractivity contribution is 5.57. The fraction of sp³-hybridized carbons (Fsp3) is 0.538. The summed E-state index contributed by atoms with van der Waals surface area (Å²) in [6.45, 7) is 5.75. The van der Waals surface area contributed by atoms with Gasteiger partial charge in [-0.25, -0.2) is 0 Å². The Kier molecular flexibility index (Phi) is 2.49. The second kappa shape index (κ2) is 3.64. The third kappa shape index (κ3) is 1.52. The van der Waals surface area contributed by atoms with E-state index >= 15 is 0 Å². The molecule has 1 aliphatic heterocycles. The van der Waals surface area contributed by atoms with Crippen molar-refractivity contribution in [3.63, 3.8) is 0 Å². The number of anilines is 1. The van der Waals surface area contributed by atoms with Crippen LogP contribution in [0, 0.1) is 0 Å². The molecular weight excluding hydrogens is 170 g/mol. The van der Waals surface area contributed by atoms with Crippen LogP contribution in [0.5, 0.6) is 0 Å². The second-order valence-electron chi connectivity index (χ2n) is 4.36. The molecule has 1 nitrogen and oxygen atoms in total. The molecule has 1 aromatic rings. The average Bonchev–Trinajstić information content (AvgIpc) is 2.23. The van der Waals surface area contributed by atoms with Crippen molar-refractivity contribution in [2.45, 2.75) is 32.6 Å². The van der Waals surface area contributed by atoms with Crippen molar-refractivity contribution in [3.8, 4) is 0 Å². The summed E-state index contributed by atoms with van der Waals surface area (Å²) in [6.07, 6.45) is 2.43. The van der Waals surface area contributed by atoms with E-state index in [4.69, 9.17) is 0 Å². The van der Waals surface area contributed by atoms with Crippen LogP contribution in [0.3, 0.4) is 0 Å². The van der Waals surface area contributed by atoms with Gasteiger partial charge >= 0.3 is 0 Å². The van der Waals surface area contributed by atoms with Crippen LogP contribution in [0.25, 0.3) is 0 Å². The van der Waals surface area contributed by atoms with Crippen molar-refractivity contribution < 1.29 is 0 Å². The van der Waals surface area contributed by atoms with Gasteiger partial charge in [-0.1, -0.05) is 26.0 Å². The first-order chi connectivity index (χ1) is 6.72. The summed E-state index contributed by atoms with van der Waals surface area (Å²) in [4.78, 5) is 2.37. The quantitative estimate of drug-likeness (QED) is 0.655. The second-order valence-corrected chi connectivity index (χ2v) is 4.36. The molecule has 0 aromatic heterocycles. The van der Waals surface area contributed by atoms with Gasteiger partial charge in [0.1, 0.15) is 0 Å². The molecule has 0 saturated carbocycles. The first-order valence-electron chi connectivity index (χ1n) is 5.56. The van der Waals surface area contributed by atoms with Gasteiger partial charge in [0.15, 0.2) is 0 Å². The zero-order chi connectivity index (χ0) is 10.1. The molecule has 0 aliphatic carbocycles. The van der Waals surface area contributed by atoms with Crippen molar-refractivity contribution in [1.29, 1.82) is 0 Å². The molecule has 1 aliphatic rings. The normalized spacial score (nSPS) is 20.8. The van der Waals surface area contributed by atoms with E-state index in [1.807, 2.05) is 0 Å². The summed E-state index contributed by atoms with van der Waals surface area (Å²) >= 11 is 0. The highest BCUT2D eigenvalue weighted by Crippen LogP contribution is 2.34. The Morgan fingerprint density at radius 2 is 2.21 bits per heavy atom. The molecule has 1 atom stereocenters. The number of rotatable bonds is 1. The van der Waals surface area contributed by atoms with E-state index in [-0.39, 0.29) is 0 Å². The molecule has 1 unspecified atom stereocenters. The molecule has 0 amide bonds. The minimum absolute atomic E-state index is 0.729. The van der Waals surface area contributed by atoms with E-state index in [1.54, 1.807) is 0 Å². The zero-order valence-corrected chi connectivity index (χ0v) is 9.38. The average molecular weight is 189 g/mol. The van der Waals surface area contributed by atoms with Crippen LogP contribution in [-0.2, 0) is 6.42 Å². The van der Waals surface area contributed by atoms with E-state index in [1.165, 1.54) is 29.8 Å². The molecule has 2 rings (SSSR count). The summed E-state index contributed by atoms with van der Waals surface area (Å²) in [5.41, 5.74) is 4.44. The summed E-state index contributed by atoms with van der Waals surface area (Å²) < 4.78 is 0. The van der Waals surface area contributed by atoms with Crippen LogP contribution in [0.2, 0.25) is 0 Å². The number of benzene rings is 1. The van der Waals surface area contributed by atoms with E-state index in [0.717, 1.165) is 12.3 Å². The lowest BCUT2D eigenvalue weighted by atomic mass is 9.90. The van der Waals surface area contributed by atoms with Crippen molar-refractivity contribution in [1.82, 2.24) is 0 Å². The van der Waals surface area contributed by atoms with Gasteiger partial charge in [-0.05, 0) is 36.0 Å². The van der Waals surface area contributed by atoms with Crippen LogP contribution in [-0.4, -0.2) is 13.6 Å². The van der Waals surface area contributed by atoms with Gasteiger partial charge in [-0.3, -0.25) is 0 Å². The van der Waals surface area contributed by atoms with E-state index in [9.17, 15) is 0 Å². The van der Waals surface area contributed by atoms with Crippen LogP contribution in [0.1, 0.15) is 37.3 Å². The lowest BCUT2D eigenvalue weighted by Gasteiger charge is -2.31. The topological polar surface area (TPSA) is 3.24 Å². The summed E-state index contributed by atoms with van der Waals surface area (Å²) in [7, 11) is 2.19. The number of nitrogens with zero attached hydrogens (tertiary/aromatic N) is 1. The van der Waals surface area contributed by atoms with E-state index in [2.05, 4.69) is 44.0 Å². The van der Waals surface area contributed by atoms with Crippen molar-refractivity contribution in [3.05, 3.63) is 29.3 Å². The Hall–Kier alpha value is -0.980. The fourth-order valence-electron chi connectivity index (χ4n) is 2.23. The predicted molar refractivity (Wildman–Crippen MR) is 62.1 cm³/mol. The zero-order valence-electron chi connectivity index (χ0n) is 9.38. The van der Waals surface area contributed by atoms with Gasteiger partial charge in [-0.2, -0.15) is 0 Å². The molecule has 0 bridgehead atoms. The van der Waals surface area contributed by atoms with Crippen molar-refractivity contribution >= 4 is 5.69 Å². The van der Waals surface area contributed by atoms with Crippen LogP contribution in [0.15, 0.2) is 18.2 Å². The maximum Gasteiger partial charge on any atom is 0.0399 e. The van der Waals surface area contributed by atoms with Crippen LogP contribution >= 0.6 is 0 Å². The Bertz CT molecular complexity index is 330. The Balaban J connectivity index is 2.45. The lowest BCUT2D eigenvalue weighted by Crippen LogP contribution is -2.26. The van der Waals surface area contributed by atoms with Crippen LogP contribution < -0.4 is 4.90 Å². The van der Waals surface area contributed by atoms with Gasteiger partial charge in [0.2, 0.25) is 0 Å². The molecule has 1 heterocycles. The third-order valence-corrected chi connectivity index (χ3v) is 3.34. The number of fused-ring (bicyclic) bond motifs is 1. The molecule has 0 spiro atoms. The third-order valence-electron chi connectivity index (χ3n) is 3.34. The first kappa shape index (κ1) is 9.57. The maximum atomic E-state index is 2.38. The Labute approximate surface area is 86.7 Å². The molecular formula is C13H19N. The number of hydrogen-bond acceptors (Lipinski definition) is 1. The summed E-state index contributed by atoms with van der Waals surface area (Å²) in [6, 6.07) is 6.92. The Morgan fingerprint density at radius 1 is 1.43 bits per heavy atom. The molecule has 0 N–H and O–H groups in total. The SMILES string of the molecule is CCc1ccc2c(c1)C(C)CCN2C. The summed E-state index contributed by atoms with van der Waals surface area (Å²) in [5.74, 6) is 0.729. The summed E-state index contributed by atoms with van der Waals surface area (Å²) in [5, 5.41) is 0. The first-order valence-corrected chi connectivity index (χ1v) is 5.56. The largest absolute Gasteiger partial charge is 0.374 e. The maximum absolute atomic E-state index is 2.38. The van der Waals surface area contributed by atoms with Gasteiger partial charge in [0.05, 0.1) is 0 Å². The minimum Gasteiger partial charge on any atom is -0.374 e. The lowest BCUT2D eigenvalue weighted by molar-refractivity contribution is 0.636. The number of aryl methyl sites for hydroxylation is 1. The van der Waals surface area contributed by atoms with Crippen molar-refractivity contribution in [2.75, 3.05) is 18.5 Å². The molecule has 1 aromatic carbocycles. The van der Waals surface area contributed by atoms with Gasteiger partial charge in [0.25, 0.3) is 0 Å². The van der Waals surface area contributed by atoms with Crippen molar-refractivity contribution in [2.24, 2.45) is 0 Å². The molecule has 14 heavy (non-hydrogen) atoms. The number of hydrogen-bond donors (Lipinski definition) is 0. The molecule has 0 radical (unpaired) electrons.